The summed E-state index contributed by atoms with van der Waals surface area (Å²) in [6.45, 7) is 13.2. The quantitative estimate of drug-likeness (QED) is 0.455. The number of ketones is 1. The van der Waals surface area contributed by atoms with Gasteiger partial charge in [0.25, 0.3) is 0 Å². The number of hydrogen-bond donors (Lipinski definition) is 2. The first-order chi connectivity index (χ1) is 15.8. The number of carboxylic acids is 1. The van der Waals surface area contributed by atoms with Crippen molar-refractivity contribution in [2.75, 3.05) is 0 Å². The number of hydrogen-bond acceptors (Lipinski definition) is 3. The van der Waals surface area contributed by atoms with E-state index in [1.807, 2.05) is 26.8 Å². The number of allylic oxidation sites excluding steroid dienone is 2. The first-order valence-corrected chi connectivity index (χ1v) is 13.9. The molecule has 0 radical (unpaired) electrons. The lowest BCUT2D eigenvalue weighted by Crippen LogP contribution is -2.60. The van der Waals surface area contributed by atoms with Gasteiger partial charge in [0.15, 0.2) is 5.78 Å². The van der Waals surface area contributed by atoms with Crippen LogP contribution >= 0.6 is 0 Å². The molecule has 5 saturated carbocycles. The lowest BCUT2D eigenvalue weighted by molar-refractivity contribution is -0.189. The van der Waals surface area contributed by atoms with Gasteiger partial charge in [0.2, 0.25) is 0 Å². The summed E-state index contributed by atoms with van der Waals surface area (Å²) in [5.74, 6) is 1.19. The maximum atomic E-state index is 12.6. The van der Waals surface area contributed by atoms with E-state index in [-0.39, 0.29) is 33.4 Å². The minimum absolute atomic E-state index is 0.100. The Labute approximate surface area is 206 Å². The van der Waals surface area contributed by atoms with Crippen molar-refractivity contribution in [3.8, 4) is 0 Å². The Hall–Kier alpha value is -1.16. The van der Waals surface area contributed by atoms with E-state index in [2.05, 4.69) is 20.8 Å². The van der Waals surface area contributed by atoms with Gasteiger partial charge in [-0.3, -0.25) is 9.59 Å². The minimum atomic E-state index is -1.01. The third kappa shape index (κ3) is 2.81. The van der Waals surface area contributed by atoms with E-state index in [4.69, 9.17) is 0 Å². The molecule has 5 rings (SSSR count). The summed E-state index contributed by atoms with van der Waals surface area (Å²) in [7, 11) is 0. The molecule has 0 unspecified atom stereocenters. The van der Waals surface area contributed by atoms with Crippen molar-refractivity contribution in [3.05, 3.63) is 11.6 Å². The fourth-order valence-electron chi connectivity index (χ4n) is 11.2. The zero-order valence-corrected chi connectivity index (χ0v) is 22.2. The number of carbonyl (C=O) groups is 2. The lowest BCUT2D eigenvalue weighted by Gasteiger charge is -2.63. The van der Waals surface area contributed by atoms with Gasteiger partial charge in [-0.1, -0.05) is 26.3 Å². The van der Waals surface area contributed by atoms with Crippen LogP contribution < -0.4 is 0 Å². The van der Waals surface area contributed by atoms with Crippen LogP contribution in [0.3, 0.4) is 0 Å². The zero-order chi connectivity index (χ0) is 24.9. The SMILES string of the molecule is CC(C)=CC(=O)C[C@@H](C)[C@H]1CC[C@@]2(C)[C@@H]3CC[C@H]4[C@](C)(C(=O)O)[C@@H](O)CC[C@@]45C[C@@]35CC[C@]12C. The molecule has 5 aliphatic rings. The average molecular weight is 471 g/mol. The van der Waals surface area contributed by atoms with Gasteiger partial charge in [-0.15, -0.1) is 0 Å². The predicted octanol–water partition coefficient (Wildman–Crippen LogP) is 6.41. The van der Waals surface area contributed by atoms with Crippen LogP contribution in [0.5, 0.6) is 0 Å². The van der Waals surface area contributed by atoms with E-state index in [0.29, 0.717) is 30.6 Å². The van der Waals surface area contributed by atoms with Gasteiger partial charge in [0, 0.05) is 6.42 Å². The maximum absolute atomic E-state index is 12.6. The molecule has 0 bridgehead atoms. The number of carboxylic acid groups (broad SMARTS) is 1. The smallest absolute Gasteiger partial charge is 0.312 e. The molecule has 4 nitrogen and oxygen atoms in total. The van der Waals surface area contributed by atoms with Crippen LogP contribution in [0.15, 0.2) is 11.6 Å². The number of carbonyl (C=O) groups excluding carboxylic acids is 1. The van der Waals surface area contributed by atoms with Gasteiger partial charge < -0.3 is 10.2 Å². The molecule has 2 spiro atoms. The zero-order valence-electron chi connectivity index (χ0n) is 22.2. The van der Waals surface area contributed by atoms with E-state index >= 15 is 0 Å². The number of aliphatic carboxylic acids is 1. The van der Waals surface area contributed by atoms with Gasteiger partial charge in [-0.05, 0) is 130 Å². The molecular formula is C30H46O4. The molecule has 34 heavy (non-hydrogen) atoms. The fourth-order valence-corrected chi connectivity index (χ4v) is 11.2. The van der Waals surface area contributed by atoms with E-state index in [9.17, 15) is 19.8 Å². The maximum Gasteiger partial charge on any atom is 0.312 e. The number of fused-ring (bicyclic) bond motifs is 2. The van der Waals surface area contributed by atoms with Crippen molar-refractivity contribution < 1.29 is 19.8 Å². The van der Waals surface area contributed by atoms with Crippen LogP contribution in [0, 0.1) is 50.7 Å². The normalized spacial score (nSPS) is 51.9. The van der Waals surface area contributed by atoms with Crippen molar-refractivity contribution in [1.29, 1.82) is 0 Å². The Kier molecular flexibility index (Phi) is 5.36. The molecule has 0 saturated heterocycles. The molecule has 4 heteroatoms. The minimum Gasteiger partial charge on any atom is -0.481 e. The average Bonchev–Trinajstić information content (AvgIpc) is 3.32. The van der Waals surface area contributed by atoms with Crippen molar-refractivity contribution >= 4 is 11.8 Å². The van der Waals surface area contributed by atoms with E-state index in [1.165, 1.54) is 32.1 Å². The summed E-state index contributed by atoms with van der Waals surface area (Å²) in [4.78, 5) is 25.0. The Morgan fingerprint density at radius 3 is 2.21 bits per heavy atom. The highest BCUT2D eigenvalue weighted by Crippen LogP contribution is 2.89. The Morgan fingerprint density at radius 2 is 1.56 bits per heavy atom. The van der Waals surface area contributed by atoms with E-state index in [0.717, 1.165) is 24.8 Å². The second-order valence-electron chi connectivity index (χ2n) is 14.2. The van der Waals surface area contributed by atoms with Crippen LogP contribution in [-0.2, 0) is 9.59 Å². The topological polar surface area (TPSA) is 74.6 Å². The van der Waals surface area contributed by atoms with Crippen LogP contribution in [0.4, 0.5) is 0 Å². The summed E-state index contributed by atoms with van der Waals surface area (Å²) in [5.41, 5.74) is 0.975. The highest BCUT2D eigenvalue weighted by Gasteiger charge is 2.83. The Morgan fingerprint density at radius 1 is 0.912 bits per heavy atom. The van der Waals surface area contributed by atoms with Gasteiger partial charge in [0.05, 0.1) is 11.5 Å². The monoisotopic (exact) mass is 470 g/mol. The molecule has 5 aliphatic carbocycles. The standard InChI is InChI=1S/C30H46O4/c1-18(2)15-20(31)16-19(3)21-9-11-27(5)22-7-8-23-28(6,25(33)34)24(32)10-12-29(23)17-30(22,29)14-13-26(21,27)4/h15,19,21-24,32H,7-14,16-17H2,1-6H3,(H,33,34)/t19-,21-,22+,23+,24+,26-,27+,28+,29-,30+/m1/s1. The highest BCUT2D eigenvalue weighted by molar-refractivity contribution is 5.90. The number of aliphatic hydroxyl groups excluding tert-OH is 1. The Bertz CT molecular complexity index is 934. The summed E-state index contributed by atoms with van der Waals surface area (Å²) in [5, 5.41) is 21.0. The van der Waals surface area contributed by atoms with Crippen LogP contribution in [0.25, 0.3) is 0 Å². The van der Waals surface area contributed by atoms with Crippen molar-refractivity contribution in [1.82, 2.24) is 0 Å². The van der Waals surface area contributed by atoms with Crippen molar-refractivity contribution in [2.45, 2.75) is 112 Å². The summed E-state index contributed by atoms with van der Waals surface area (Å²) >= 11 is 0. The molecule has 0 aliphatic heterocycles. The second-order valence-corrected chi connectivity index (χ2v) is 14.2. The van der Waals surface area contributed by atoms with Crippen LogP contribution in [-0.4, -0.2) is 28.1 Å². The van der Waals surface area contributed by atoms with Crippen molar-refractivity contribution in [2.24, 2.45) is 50.7 Å². The number of rotatable bonds is 5. The first kappa shape index (κ1) is 24.5. The molecule has 0 heterocycles. The molecule has 0 aromatic carbocycles. The molecular weight excluding hydrogens is 424 g/mol. The van der Waals surface area contributed by atoms with Gasteiger partial charge in [-0.25, -0.2) is 0 Å². The Balaban J connectivity index is 1.43. The van der Waals surface area contributed by atoms with E-state index in [1.54, 1.807) is 0 Å². The molecule has 5 fully saturated rings. The van der Waals surface area contributed by atoms with Crippen LogP contribution in [0.1, 0.15) is 106 Å². The lowest BCUT2D eigenvalue weighted by atomic mass is 9.41. The van der Waals surface area contributed by atoms with Gasteiger partial charge >= 0.3 is 5.97 Å². The van der Waals surface area contributed by atoms with Crippen molar-refractivity contribution in [3.63, 3.8) is 0 Å². The fraction of sp³-hybridized carbons (Fsp3) is 0.867. The second kappa shape index (κ2) is 7.43. The first-order valence-electron chi connectivity index (χ1n) is 13.9. The molecule has 10 atom stereocenters. The molecule has 0 aromatic rings. The predicted molar refractivity (Wildman–Crippen MR) is 133 cm³/mol. The summed E-state index contributed by atoms with van der Waals surface area (Å²) < 4.78 is 0. The molecule has 0 aromatic heterocycles. The van der Waals surface area contributed by atoms with Gasteiger partial charge in [0.1, 0.15) is 0 Å². The molecule has 190 valence electrons. The van der Waals surface area contributed by atoms with Gasteiger partial charge in [-0.2, -0.15) is 0 Å². The number of aliphatic hydroxyl groups is 1. The third-order valence-electron chi connectivity index (χ3n) is 12.9. The largest absolute Gasteiger partial charge is 0.481 e. The summed E-state index contributed by atoms with van der Waals surface area (Å²) in [6.07, 6.45) is 11.5. The highest BCUT2D eigenvalue weighted by atomic mass is 16.4. The van der Waals surface area contributed by atoms with E-state index < -0.39 is 17.5 Å². The third-order valence-corrected chi connectivity index (χ3v) is 12.9. The molecule has 0 amide bonds. The molecule has 2 N–H and O–H groups in total. The summed E-state index contributed by atoms with van der Waals surface area (Å²) in [6, 6.07) is 0. The van der Waals surface area contributed by atoms with Crippen LogP contribution in [0.2, 0.25) is 0 Å².